The van der Waals surface area contributed by atoms with Crippen molar-refractivity contribution >= 4 is 17.4 Å². The largest absolute Gasteiger partial charge is 0.394 e. The van der Waals surface area contributed by atoms with Gasteiger partial charge in [-0.15, -0.1) is 0 Å². The van der Waals surface area contributed by atoms with Crippen LogP contribution in [0.5, 0.6) is 0 Å². The van der Waals surface area contributed by atoms with Gasteiger partial charge in [-0.2, -0.15) is 0 Å². The molecule has 0 saturated carbocycles. The van der Waals surface area contributed by atoms with E-state index in [0.29, 0.717) is 6.54 Å². The van der Waals surface area contributed by atoms with E-state index >= 15 is 0 Å². The van der Waals surface area contributed by atoms with Gasteiger partial charge in [0.2, 0.25) is 11.8 Å². The van der Waals surface area contributed by atoms with Gasteiger partial charge in [-0.25, -0.2) is 0 Å². The van der Waals surface area contributed by atoms with Gasteiger partial charge in [0.1, 0.15) is 0 Å². The molecule has 0 bridgehead atoms. The normalized spacial score (nSPS) is 25.1. The topological polar surface area (TPSA) is 73.7 Å². The molecule has 0 unspecified atom stereocenters. The fourth-order valence-corrected chi connectivity index (χ4v) is 5.33. The Balaban J connectivity index is 1.33. The van der Waals surface area contributed by atoms with E-state index in [1.54, 1.807) is 22.2 Å². The van der Waals surface area contributed by atoms with Crippen LogP contribution >= 0.6 is 0 Å². The molecule has 3 aliphatic rings. The van der Waals surface area contributed by atoms with Gasteiger partial charge >= 0.3 is 0 Å². The quantitative estimate of drug-likeness (QED) is 0.811. The van der Waals surface area contributed by atoms with E-state index in [4.69, 9.17) is 0 Å². The van der Waals surface area contributed by atoms with Gasteiger partial charge in [0, 0.05) is 24.9 Å². The summed E-state index contributed by atoms with van der Waals surface area (Å²) in [5.74, 6) is -0.107. The first kappa shape index (κ1) is 19.9. The summed E-state index contributed by atoms with van der Waals surface area (Å²) >= 11 is 0. The van der Waals surface area contributed by atoms with Gasteiger partial charge in [-0.05, 0) is 47.6 Å². The third kappa shape index (κ3) is 3.65. The number of fused-ring (bicyclic) bond motifs is 1. The molecular formula is C25H27N3O3. The summed E-state index contributed by atoms with van der Waals surface area (Å²) in [6.07, 6.45) is 9.40. The molecule has 0 radical (unpaired) electrons. The highest BCUT2D eigenvalue weighted by atomic mass is 16.3. The molecule has 2 aromatic rings. The zero-order valence-corrected chi connectivity index (χ0v) is 17.5. The third-order valence-corrected chi connectivity index (χ3v) is 6.89. The van der Waals surface area contributed by atoms with Crippen LogP contribution < -0.4 is 0 Å². The number of nitrogens with zero attached hydrogens (tertiary/aromatic N) is 3. The van der Waals surface area contributed by atoms with Gasteiger partial charge < -0.3 is 14.9 Å². The lowest BCUT2D eigenvalue weighted by atomic mass is 9.73. The second-order valence-corrected chi connectivity index (χ2v) is 8.70. The Kier molecular flexibility index (Phi) is 5.32. The SMILES string of the molecule is O=C(Cc1cccnc1)N1CC(=O)N2[C@H](CO)[C@@H](c3ccc(C4=CCCC4)cc3)[C@H]2C1. The van der Waals surface area contributed by atoms with Crippen molar-refractivity contribution in [3.8, 4) is 0 Å². The van der Waals surface area contributed by atoms with Gasteiger partial charge in [0.25, 0.3) is 0 Å². The minimum atomic E-state index is -0.218. The van der Waals surface area contributed by atoms with E-state index in [0.717, 1.165) is 24.0 Å². The Morgan fingerprint density at radius 2 is 2.03 bits per heavy atom. The van der Waals surface area contributed by atoms with Crippen LogP contribution in [0, 0.1) is 0 Å². The van der Waals surface area contributed by atoms with E-state index in [2.05, 4.69) is 35.3 Å². The zero-order valence-electron chi connectivity index (χ0n) is 17.5. The minimum absolute atomic E-state index is 0.0366. The van der Waals surface area contributed by atoms with Gasteiger partial charge in [-0.3, -0.25) is 14.6 Å². The highest BCUT2D eigenvalue weighted by Gasteiger charge is 2.54. The van der Waals surface area contributed by atoms with E-state index in [-0.39, 0.29) is 49.4 Å². The lowest BCUT2D eigenvalue weighted by molar-refractivity contribution is -0.166. The second kappa shape index (κ2) is 8.27. The first-order chi connectivity index (χ1) is 15.2. The Bertz CT molecular complexity index is 1000. The van der Waals surface area contributed by atoms with Crippen LogP contribution in [-0.2, 0) is 16.0 Å². The van der Waals surface area contributed by atoms with Gasteiger partial charge in [-0.1, -0.05) is 36.4 Å². The zero-order chi connectivity index (χ0) is 21.4. The number of aliphatic hydroxyl groups excluding tert-OH is 1. The molecule has 2 aliphatic heterocycles. The van der Waals surface area contributed by atoms with Crippen LogP contribution in [0.2, 0.25) is 0 Å². The molecule has 6 nitrogen and oxygen atoms in total. The first-order valence-electron chi connectivity index (χ1n) is 11.0. The fraction of sp³-hybridized carbons (Fsp3) is 0.400. The van der Waals surface area contributed by atoms with Crippen molar-refractivity contribution < 1.29 is 14.7 Å². The van der Waals surface area contributed by atoms with Gasteiger partial charge in [0.05, 0.1) is 31.7 Å². The fourth-order valence-electron chi connectivity index (χ4n) is 5.33. The van der Waals surface area contributed by atoms with Crippen LogP contribution in [0.4, 0.5) is 0 Å². The molecular weight excluding hydrogens is 390 g/mol. The van der Waals surface area contributed by atoms with E-state index in [1.807, 2.05) is 12.1 Å². The number of hydrogen-bond acceptors (Lipinski definition) is 4. The first-order valence-corrected chi connectivity index (χ1v) is 11.0. The molecule has 1 aromatic heterocycles. The van der Waals surface area contributed by atoms with Crippen molar-refractivity contribution in [1.82, 2.24) is 14.8 Å². The molecule has 1 aromatic carbocycles. The minimum Gasteiger partial charge on any atom is -0.394 e. The Labute approximate surface area is 182 Å². The number of aromatic nitrogens is 1. The molecule has 0 spiro atoms. The molecule has 6 heteroatoms. The predicted octanol–water partition coefficient (Wildman–Crippen LogP) is 2.39. The molecule has 160 valence electrons. The molecule has 3 heterocycles. The van der Waals surface area contributed by atoms with Crippen molar-refractivity contribution in [1.29, 1.82) is 0 Å². The number of carbonyl (C=O) groups excluding carboxylic acids is 2. The summed E-state index contributed by atoms with van der Waals surface area (Å²) in [5, 5.41) is 9.98. The maximum Gasteiger partial charge on any atom is 0.242 e. The number of piperazine rings is 1. The lowest BCUT2D eigenvalue weighted by Gasteiger charge is -2.58. The maximum atomic E-state index is 12.8. The van der Waals surface area contributed by atoms with Crippen molar-refractivity contribution in [2.24, 2.45) is 0 Å². The number of rotatable bonds is 5. The average Bonchev–Trinajstić information content (AvgIpc) is 3.31. The van der Waals surface area contributed by atoms with Crippen molar-refractivity contribution in [2.75, 3.05) is 19.7 Å². The standard InChI is InChI=1S/C25H27N3O3/c29-16-22-25(20-9-7-19(8-10-20)18-5-1-2-6-18)21-14-27(15-24(31)28(21)22)23(30)12-17-4-3-11-26-13-17/h3-5,7-11,13,21-22,25,29H,1-2,6,12,14-16H2/t21-,22-,25+/m1/s1. The summed E-state index contributed by atoms with van der Waals surface area (Å²) in [7, 11) is 0. The van der Waals surface area contributed by atoms with Crippen molar-refractivity contribution in [2.45, 2.75) is 43.7 Å². The van der Waals surface area contributed by atoms with Crippen molar-refractivity contribution in [3.05, 3.63) is 71.6 Å². The molecule has 2 fully saturated rings. The number of aliphatic hydroxyl groups is 1. The molecule has 2 amide bonds. The molecule has 31 heavy (non-hydrogen) atoms. The second-order valence-electron chi connectivity index (χ2n) is 8.70. The third-order valence-electron chi connectivity index (χ3n) is 6.89. The van der Waals surface area contributed by atoms with Crippen LogP contribution in [0.1, 0.15) is 41.9 Å². The molecule has 5 rings (SSSR count). The summed E-state index contributed by atoms with van der Waals surface area (Å²) in [5.41, 5.74) is 4.63. The average molecular weight is 418 g/mol. The Morgan fingerprint density at radius 1 is 1.19 bits per heavy atom. The highest BCUT2D eigenvalue weighted by molar-refractivity contribution is 5.88. The molecule has 1 aliphatic carbocycles. The monoisotopic (exact) mass is 417 g/mol. The van der Waals surface area contributed by atoms with Gasteiger partial charge in [0.15, 0.2) is 0 Å². The van der Waals surface area contributed by atoms with E-state index in [9.17, 15) is 14.7 Å². The summed E-state index contributed by atoms with van der Waals surface area (Å²) in [6.45, 7) is 0.508. The Hall–Kier alpha value is -2.99. The highest BCUT2D eigenvalue weighted by Crippen LogP contribution is 2.43. The predicted molar refractivity (Wildman–Crippen MR) is 117 cm³/mol. The van der Waals surface area contributed by atoms with E-state index in [1.165, 1.54) is 17.6 Å². The number of pyridine rings is 1. The molecule has 3 atom stereocenters. The summed E-state index contributed by atoms with van der Waals surface area (Å²) < 4.78 is 0. The number of allylic oxidation sites excluding steroid dienone is 2. The van der Waals surface area contributed by atoms with E-state index < -0.39 is 0 Å². The van der Waals surface area contributed by atoms with Crippen LogP contribution in [0.3, 0.4) is 0 Å². The van der Waals surface area contributed by atoms with Crippen LogP contribution in [0.25, 0.3) is 5.57 Å². The number of carbonyl (C=O) groups is 2. The number of benzene rings is 1. The number of hydrogen-bond donors (Lipinski definition) is 1. The summed E-state index contributed by atoms with van der Waals surface area (Å²) in [6, 6.07) is 11.9. The maximum absolute atomic E-state index is 12.8. The lowest BCUT2D eigenvalue weighted by Crippen LogP contribution is -2.73. The van der Waals surface area contributed by atoms with Crippen LogP contribution in [-0.4, -0.2) is 63.5 Å². The van der Waals surface area contributed by atoms with Crippen molar-refractivity contribution in [3.63, 3.8) is 0 Å². The summed E-state index contributed by atoms with van der Waals surface area (Å²) in [4.78, 5) is 33.2. The Morgan fingerprint density at radius 3 is 2.71 bits per heavy atom. The molecule has 1 N–H and O–H groups in total. The van der Waals surface area contributed by atoms with Crippen LogP contribution in [0.15, 0.2) is 54.9 Å². The smallest absolute Gasteiger partial charge is 0.242 e. The number of amides is 2. The molecule has 2 saturated heterocycles.